The number of benzene rings is 1. The summed E-state index contributed by atoms with van der Waals surface area (Å²) in [4.78, 5) is 4.72. The van der Waals surface area contributed by atoms with E-state index < -0.39 is 0 Å². The number of aryl methyl sites for hydroxylation is 1. The van der Waals surface area contributed by atoms with Gasteiger partial charge in [-0.05, 0) is 31.0 Å². The van der Waals surface area contributed by atoms with Gasteiger partial charge in [0, 0.05) is 23.0 Å². The zero-order chi connectivity index (χ0) is 14.7. The summed E-state index contributed by atoms with van der Waals surface area (Å²) in [5.41, 5.74) is 7.96. The average molecular weight is 357 g/mol. The Labute approximate surface area is 133 Å². The quantitative estimate of drug-likeness (QED) is 0.827. The highest BCUT2D eigenvalue weighted by Crippen LogP contribution is 2.34. The molecular weight excluding hydrogens is 338 g/mol. The molecule has 1 heterocycles. The fourth-order valence-corrected chi connectivity index (χ4v) is 2.85. The van der Waals surface area contributed by atoms with E-state index in [1.165, 1.54) is 0 Å². The molecule has 0 atom stereocenters. The van der Waals surface area contributed by atoms with E-state index in [0.717, 1.165) is 47.4 Å². The first-order chi connectivity index (χ1) is 9.58. The molecular formula is C15H19BrClN3. The van der Waals surface area contributed by atoms with E-state index in [9.17, 15) is 0 Å². The molecule has 2 rings (SSSR count). The second-order valence-electron chi connectivity index (χ2n) is 4.79. The third-order valence-corrected chi connectivity index (χ3v) is 4.01. The Hall–Kier alpha value is -1.00. The molecule has 0 unspecified atom stereocenters. The molecule has 0 spiro atoms. The number of rotatable bonds is 5. The van der Waals surface area contributed by atoms with Crippen LogP contribution in [-0.4, -0.2) is 9.55 Å². The number of aromatic nitrogens is 2. The summed E-state index contributed by atoms with van der Waals surface area (Å²) in [6.07, 6.45) is 3.00. The minimum atomic E-state index is 0.670. The van der Waals surface area contributed by atoms with E-state index in [2.05, 4.69) is 34.3 Å². The fourth-order valence-electron chi connectivity index (χ4n) is 2.28. The summed E-state index contributed by atoms with van der Waals surface area (Å²) in [6, 6.07) is 5.74. The van der Waals surface area contributed by atoms with Crippen molar-refractivity contribution in [3.8, 4) is 11.3 Å². The van der Waals surface area contributed by atoms with Crippen LogP contribution in [0.5, 0.6) is 0 Å². The summed E-state index contributed by atoms with van der Waals surface area (Å²) in [7, 11) is 0. The standard InChI is InChI=1S/C15H19BrClN3/c1-3-5-13-19-14(15(18)20(13)8-4-2)11-9-10(16)6-7-12(11)17/h6-7,9H,3-5,8,18H2,1-2H3. The van der Waals surface area contributed by atoms with Crippen molar-refractivity contribution in [2.75, 3.05) is 5.73 Å². The highest BCUT2D eigenvalue weighted by atomic mass is 79.9. The lowest BCUT2D eigenvalue weighted by molar-refractivity contribution is 0.637. The van der Waals surface area contributed by atoms with Crippen molar-refractivity contribution in [3.05, 3.63) is 33.5 Å². The van der Waals surface area contributed by atoms with Gasteiger partial charge in [0.05, 0.1) is 5.02 Å². The number of nitrogens with two attached hydrogens (primary N) is 1. The highest BCUT2D eigenvalue weighted by molar-refractivity contribution is 9.10. The largest absolute Gasteiger partial charge is 0.383 e. The summed E-state index contributed by atoms with van der Waals surface area (Å²) in [5.74, 6) is 1.74. The van der Waals surface area contributed by atoms with Gasteiger partial charge in [0.25, 0.3) is 0 Å². The van der Waals surface area contributed by atoms with Crippen LogP contribution in [-0.2, 0) is 13.0 Å². The molecule has 2 N–H and O–H groups in total. The molecule has 3 nitrogen and oxygen atoms in total. The lowest BCUT2D eigenvalue weighted by Crippen LogP contribution is -2.06. The van der Waals surface area contributed by atoms with Crippen LogP contribution < -0.4 is 5.73 Å². The topological polar surface area (TPSA) is 43.8 Å². The van der Waals surface area contributed by atoms with Crippen molar-refractivity contribution >= 4 is 33.3 Å². The Kier molecular flexibility index (Phi) is 5.11. The number of hydrogen-bond acceptors (Lipinski definition) is 2. The smallest absolute Gasteiger partial charge is 0.131 e. The first-order valence-electron chi connectivity index (χ1n) is 6.88. The monoisotopic (exact) mass is 355 g/mol. The van der Waals surface area contributed by atoms with Crippen LogP contribution in [0.1, 0.15) is 32.5 Å². The number of halogens is 2. The third-order valence-electron chi connectivity index (χ3n) is 3.19. The Bertz CT molecular complexity index is 607. The number of imidazole rings is 1. The molecule has 108 valence electrons. The van der Waals surface area contributed by atoms with Crippen molar-refractivity contribution in [1.29, 1.82) is 0 Å². The maximum Gasteiger partial charge on any atom is 0.131 e. The van der Waals surface area contributed by atoms with Gasteiger partial charge in [0.2, 0.25) is 0 Å². The molecule has 0 saturated carbocycles. The molecule has 0 bridgehead atoms. The van der Waals surface area contributed by atoms with Crippen LogP contribution in [0.15, 0.2) is 22.7 Å². The second-order valence-corrected chi connectivity index (χ2v) is 6.11. The van der Waals surface area contributed by atoms with Crippen LogP contribution in [0.2, 0.25) is 5.02 Å². The second kappa shape index (κ2) is 6.64. The van der Waals surface area contributed by atoms with Crippen LogP contribution in [0, 0.1) is 0 Å². The Morgan fingerprint density at radius 2 is 2.05 bits per heavy atom. The first-order valence-corrected chi connectivity index (χ1v) is 8.05. The molecule has 0 fully saturated rings. The normalized spacial score (nSPS) is 11.0. The van der Waals surface area contributed by atoms with Gasteiger partial charge in [0.1, 0.15) is 17.3 Å². The van der Waals surface area contributed by atoms with Gasteiger partial charge in [-0.15, -0.1) is 0 Å². The molecule has 1 aromatic heterocycles. The van der Waals surface area contributed by atoms with Crippen molar-refractivity contribution in [2.24, 2.45) is 0 Å². The lowest BCUT2D eigenvalue weighted by Gasteiger charge is -2.08. The van der Waals surface area contributed by atoms with Crippen LogP contribution in [0.25, 0.3) is 11.3 Å². The van der Waals surface area contributed by atoms with Gasteiger partial charge in [0.15, 0.2) is 0 Å². The summed E-state index contributed by atoms with van der Waals surface area (Å²) in [5, 5.41) is 0.670. The molecule has 0 aliphatic carbocycles. The van der Waals surface area contributed by atoms with E-state index in [-0.39, 0.29) is 0 Å². The molecule has 0 amide bonds. The van der Waals surface area contributed by atoms with Gasteiger partial charge in [-0.3, -0.25) is 0 Å². The fraction of sp³-hybridized carbons (Fsp3) is 0.400. The number of hydrogen-bond donors (Lipinski definition) is 1. The predicted octanol–water partition coefficient (Wildman–Crippen LogP) is 4.91. The minimum absolute atomic E-state index is 0.670. The summed E-state index contributed by atoms with van der Waals surface area (Å²) in [6.45, 7) is 5.17. The van der Waals surface area contributed by atoms with E-state index >= 15 is 0 Å². The van der Waals surface area contributed by atoms with Gasteiger partial charge in [-0.1, -0.05) is 41.4 Å². The zero-order valence-corrected chi connectivity index (χ0v) is 14.1. The van der Waals surface area contributed by atoms with Crippen molar-refractivity contribution < 1.29 is 0 Å². The number of nitrogens with zero attached hydrogens (tertiary/aromatic N) is 2. The highest BCUT2D eigenvalue weighted by Gasteiger charge is 2.17. The molecule has 0 radical (unpaired) electrons. The molecule has 1 aromatic carbocycles. The van der Waals surface area contributed by atoms with E-state index in [1.807, 2.05) is 18.2 Å². The van der Waals surface area contributed by atoms with Crippen molar-refractivity contribution in [1.82, 2.24) is 9.55 Å². The number of nitrogen functional groups attached to an aromatic ring is 1. The lowest BCUT2D eigenvalue weighted by atomic mass is 10.1. The van der Waals surface area contributed by atoms with Crippen molar-refractivity contribution in [2.45, 2.75) is 39.7 Å². The summed E-state index contributed by atoms with van der Waals surface area (Å²) < 4.78 is 3.08. The molecule has 5 heteroatoms. The minimum Gasteiger partial charge on any atom is -0.383 e. The molecule has 0 aliphatic rings. The number of anilines is 1. The van der Waals surface area contributed by atoms with Crippen LogP contribution >= 0.6 is 27.5 Å². The van der Waals surface area contributed by atoms with E-state index in [1.54, 1.807) is 0 Å². The predicted molar refractivity (Wildman–Crippen MR) is 89.1 cm³/mol. The Morgan fingerprint density at radius 3 is 2.70 bits per heavy atom. The van der Waals surface area contributed by atoms with E-state index in [0.29, 0.717) is 10.8 Å². The van der Waals surface area contributed by atoms with Crippen LogP contribution in [0.4, 0.5) is 5.82 Å². The Morgan fingerprint density at radius 1 is 1.30 bits per heavy atom. The van der Waals surface area contributed by atoms with Crippen LogP contribution in [0.3, 0.4) is 0 Å². The van der Waals surface area contributed by atoms with Gasteiger partial charge >= 0.3 is 0 Å². The van der Waals surface area contributed by atoms with Gasteiger partial charge in [-0.25, -0.2) is 4.98 Å². The van der Waals surface area contributed by atoms with Gasteiger partial charge in [-0.2, -0.15) is 0 Å². The molecule has 2 aromatic rings. The maximum absolute atomic E-state index is 6.30. The zero-order valence-electron chi connectivity index (χ0n) is 11.8. The third kappa shape index (κ3) is 3.01. The van der Waals surface area contributed by atoms with Gasteiger partial charge < -0.3 is 10.3 Å². The van der Waals surface area contributed by atoms with Crippen molar-refractivity contribution in [3.63, 3.8) is 0 Å². The maximum atomic E-state index is 6.30. The molecule has 20 heavy (non-hydrogen) atoms. The molecule has 0 saturated heterocycles. The average Bonchev–Trinajstić information content (AvgIpc) is 2.71. The first kappa shape index (κ1) is 15.4. The Balaban J connectivity index is 2.56. The SMILES string of the molecule is CCCc1nc(-c2cc(Br)ccc2Cl)c(N)n1CCC. The summed E-state index contributed by atoms with van der Waals surface area (Å²) >= 11 is 9.76. The molecule has 0 aliphatic heterocycles. The van der Waals surface area contributed by atoms with E-state index in [4.69, 9.17) is 22.3 Å².